The first kappa shape index (κ1) is 11.4. The molecule has 0 rings (SSSR count). The van der Waals surface area contributed by atoms with E-state index in [1.165, 1.54) is 12.5 Å². The lowest BCUT2D eigenvalue weighted by atomic mass is 10.5. The summed E-state index contributed by atoms with van der Waals surface area (Å²) in [5, 5.41) is 0. The molecule has 0 aromatic heterocycles. The summed E-state index contributed by atoms with van der Waals surface area (Å²) >= 11 is 0. The van der Waals surface area contributed by atoms with Crippen molar-refractivity contribution in [1.82, 2.24) is 0 Å². The van der Waals surface area contributed by atoms with E-state index in [2.05, 4.69) is 32.7 Å². The molecule has 0 aliphatic carbocycles. The van der Waals surface area contributed by atoms with E-state index in [9.17, 15) is 0 Å². The fraction of sp³-hybridized carbons (Fsp3) is 1.00. The van der Waals surface area contributed by atoms with Gasteiger partial charge in [0.2, 0.25) is 0 Å². The van der Waals surface area contributed by atoms with Crippen molar-refractivity contribution in [3.8, 4) is 0 Å². The van der Waals surface area contributed by atoms with Crippen molar-refractivity contribution in [3.63, 3.8) is 0 Å². The van der Waals surface area contributed by atoms with Crippen LogP contribution in [0.1, 0.15) is 6.42 Å². The Kier molecular flexibility index (Phi) is 5.30. The summed E-state index contributed by atoms with van der Waals surface area (Å²) in [5.74, 6) is 0. The van der Waals surface area contributed by atoms with Crippen LogP contribution in [-0.2, 0) is 4.43 Å². The van der Waals surface area contributed by atoms with Gasteiger partial charge in [-0.2, -0.15) is 0 Å². The van der Waals surface area contributed by atoms with E-state index in [-0.39, 0.29) is 8.80 Å². The molecular formula is C8H22OSi2. The summed E-state index contributed by atoms with van der Waals surface area (Å²) in [5.41, 5.74) is 0. The highest BCUT2D eigenvalue weighted by atomic mass is 28.4. The molecule has 3 heteroatoms. The molecule has 0 aromatic rings. The van der Waals surface area contributed by atoms with Gasteiger partial charge in [0, 0.05) is 15.4 Å². The lowest BCUT2D eigenvalue weighted by molar-refractivity contribution is 0.311. The summed E-state index contributed by atoms with van der Waals surface area (Å²) in [6.07, 6.45) is 1.29. The lowest BCUT2D eigenvalue weighted by Gasteiger charge is -2.17. The standard InChI is InChI=1S/C8H22OSi2/c1-10(2)8-6-7-9-11(3,4)5/h10H,6-8H2,1-5H3. The minimum absolute atomic E-state index is 0.321. The Morgan fingerprint density at radius 1 is 1.18 bits per heavy atom. The maximum atomic E-state index is 5.74. The molecule has 0 atom stereocenters. The van der Waals surface area contributed by atoms with Gasteiger partial charge in [-0.05, 0) is 26.1 Å². The Morgan fingerprint density at radius 3 is 2.09 bits per heavy atom. The second kappa shape index (κ2) is 5.11. The smallest absolute Gasteiger partial charge is 0.183 e. The van der Waals surface area contributed by atoms with Gasteiger partial charge in [-0.15, -0.1) is 0 Å². The van der Waals surface area contributed by atoms with Crippen LogP contribution in [0, 0.1) is 0 Å². The molecule has 0 N–H and O–H groups in total. The molecule has 0 aliphatic heterocycles. The minimum atomic E-state index is -1.21. The zero-order valence-electron chi connectivity index (χ0n) is 8.61. The molecule has 0 unspecified atom stereocenters. The summed E-state index contributed by atoms with van der Waals surface area (Å²) in [6, 6.07) is 1.44. The second-order valence-electron chi connectivity index (χ2n) is 4.50. The fourth-order valence-electron chi connectivity index (χ4n) is 0.870. The molecule has 0 fully saturated rings. The summed E-state index contributed by atoms with van der Waals surface area (Å²) in [6.45, 7) is 12.5. The Bertz CT molecular complexity index is 96.8. The number of rotatable bonds is 5. The highest BCUT2D eigenvalue weighted by Gasteiger charge is 2.13. The zero-order valence-corrected chi connectivity index (χ0v) is 10.8. The van der Waals surface area contributed by atoms with Crippen LogP contribution in [0.2, 0.25) is 38.8 Å². The van der Waals surface area contributed by atoms with Gasteiger partial charge in [-0.1, -0.05) is 19.1 Å². The molecule has 0 bridgehead atoms. The van der Waals surface area contributed by atoms with Gasteiger partial charge in [0.25, 0.3) is 0 Å². The maximum absolute atomic E-state index is 5.74. The normalized spacial score (nSPS) is 12.5. The third kappa shape index (κ3) is 10.4. The van der Waals surface area contributed by atoms with Crippen LogP contribution in [0.3, 0.4) is 0 Å². The van der Waals surface area contributed by atoms with Gasteiger partial charge in [0.05, 0.1) is 0 Å². The highest BCUT2D eigenvalue weighted by Crippen LogP contribution is 2.05. The molecular weight excluding hydrogens is 168 g/mol. The molecule has 0 amide bonds. The first-order valence-corrected chi connectivity index (χ1v) is 11.1. The quantitative estimate of drug-likeness (QED) is 0.478. The van der Waals surface area contributed by atoms with E-state index >= 15 is 0 Å². The first-order chi connectivity index (χ1) is 4.92. The van der Waals surface area contributed by atoms with Crippen LogP contribution in [-0.4, -0.2) is 23.7 Å². The van der Waals surface area contributed by atoms with Crippen LogP contribution in [0.25, 0.3) is 0 Å². The van der Waals surface area contributed by atoms with Crippen LogP contribution in [0.4, 0.5) is 0 Å². The molecule has 68 valence electrons. The molecule has 0 saturated heterocycles. The van der Waals surface area contributed by atoms with Gasteiger partial charge in [0.1, 0.15) is 0 Å². The van der Waals surface area contributed by atoms with Crippen LogP contribution in [0.15, 0.2) is 0 Å². The van der Waals surface area contributed by atoms with Gasteiger partial charge < -0.3 is 4.43 Å². The predicted molar refractivity (Wildman–Crippen MR) is 57.6 cm³/mol. The van der Waals surface area contributed by atoms with Crippen LogP contribution < -0.4 is 0 Å². The van der Waals surface area contributed by atoms with Gasteiger partial charge >= 0.3 is 0 Å². The lowest BCUT2D eigenvalue weighted by Crippen LogP contribution is -2.25. The molecule has 1 nitrogen and oxygen atoms in total. The Labute approximate surface area is 73.9 Å². The Morgan fingerprint density at radius 2 is 1.73 bits per heavy atom. The molecule has 0 aromatic carbocycles. The third-order valence-corrected chi connectivity index (χ3v) is 4.09. The Hall–Kier alpha value is 0.394. The monoisotopic (exact) mass is 190 g/mol. The summed E-state index contributed by atoms with van der Waals surface area (Å²) < 4.78 is 5.74. The highest BCUT2D eigenvalue weighted by molar-refractivity contribution is 6.69. The summed E-state index contributed by atoms with van der Waals surface area (Å²) in [7, 11) is -1.53. The largest absolute Gasteiger partial charge is 0.418 e. The van der Waals surface area contributed by atoms with Crippen molar-refractivity contribution in [3.05, 3.63) is 0 Å². The van der Waals surface area contributed by atoms with E-state index in [4.69, 9.17) is 4.43 Å². The molecule has 0 heterocycles. The van der Waals surface area contributed by atoms with Gasteiger partial charge in [-0.25, -0.2) is 0 Å². The van der Waals surface area contributed by atoms with Crippen molar-refractivity contribution in [2.75, 3.05) is 6.61 Å². The van der Waals surface area contributed by atoms with E-state index in [1.807, 2.05) is 0 Å². The van der Waals surface area contributed by atoms with Crippen LogP contribution in [0.5, 0.6) is 0 Å². The van der Waals surface area contributed by atoms with E-state index in [1.54, 1.807) is 0 Å². The second-order valence-corrected chi connectivity index (χ2v) is 12.4. The third-order valence-electron chi connectivity index (χ3n) is 1.46. The first-order valence-electron chi connectivity index (χ1n) is 4.56. The SMILES string of the molecule is C[SiH](C)CCCO[Si](C)(C)C. The van der Waals surface area contributed by atoms with E-state index in [0.29, 0.717) is 0 Å². The van der Waals surface area contributed by atoms with Crippen molar-refractivity contribution >= 4 is 17.1 Å². The zero-order chi connectivity index (χ0) is 8.91. The van der Waals surface area contributed by atoms with Crippen molar-refractivity contribution in [2.45, 2.75) is 45.2 Å². The Balaban J connectivity index is 3.15. The van der Waals surface area contributed by atoms with E-state index in [0.717, 1.165) is 6.61 Å². The molecule has 0 spiro atoms. The molecule has 0 aliphatic rings. The average Bonchev–Trinajstić information content (AvgIpc) is 1.78. The topological polar surface area (TPSA) is 9.23 Å². The summed E-state index contributed by atoms with van der Waals surface area (Å²) in [4.78, 5) is 0. The van der Waals surface area contributed by atoms with Crippen LogP contribution >= 0.6 is 0 Å². The number of hydrogen-bond donors (Lipinski definition) is 0. The van der Waals surface area contributed by atoms with E-state index < -0.39 is 8.32 Å². The average molecular weight is 190 g/mol. The maximum Gasteiger partial charge on any atom is 0.183 e. The predicted octanol–water partition coefficient (Wildman–Crippen LogP) is 2.71. The van der Waals surface area contributed by atoms with Crippen molar-refractivity contribution < 1.29 is 4.43 Å². The van der Waals surface area contributed by atoms with Crippen molar-refractivity contribution in [1.29, 1.82) is 0 Å². The van der Waals surface area contributed by atoms with Gasteiger partial charge in [0.15, 0.2) is 8.32 Å². The molecule has 0 radical (unpaired) electrons. The van der Waals surface area contributed by atoms with Crippen molar-refractivity contribution in [2.24, 2.45) is 0 Å². The molecule has 11 heavy (non-hydrogen) atoms. The molecule has 0 saturated carbocycles. The minimum Gasteiger partial charge on any atom is -0.418 e. The number of hydrogen-bond acceptors (Lipinski definition) is 1. The van der Waals surface area contributed by atoms with Gasteiger partial charge in [-0.3, -0.25) is 0 Å². The fourth-order valence-corrected chi connectivity index (χ4v) is 2.61.